The number of hydrogen-bond acceptors (Lipinski definition) is 3. The molecule has 0 saturated heterocycles. The molecule has 16 heavy (non-hydrogen) atoms. The Hall–Kier alpha value is -1.97. The maximum absolute atomic E-state index is 13.5. The minimum Gasteiger partial charge on any atom is -0.378 e. The second kappa shape index (κ2) is 4.70. The first-order valence-corrected chi connectivity index (χ1v) is 4.99. The largest absolute Gasteiger partial charge is 0.378 e. The molecule has 0 unspecified atom stereocenters. The van der Waals surface area contributed by atoms with Gasteiger partial charge >= 0.3 is 0 Å². The molecule has 0 bridgehead atoms. The van der Waals surface area contributed by atoms with Crippen LogP contribution in [0.4, 0.5) is 10.1 Å². The third-order valence-corrected chi connectivity index (χ3v) is 2.22. The van der Waals surface area contributed by atoms with Gasteiger partial charge in [-0.2, -0.15) is 0 Å². The predicted octanol–water partition coefficient (Wildman–Crippen LogP) is 2.54. The fourth-order valence-electron chi connectivity index (χ4n) is 1.38. The van der Waals surface area contributed by atoms with Gasteiger partial charge in [0.25, 0.3) is 0 Å². The van der Waals surface area contributed by atoms with Gasteiger partial charge in [-0.15, -0.1) is 0 Å². The van der Waals surface area contributed by atoms with Gasteiger partial charge in [-0.25, -0.2) is 14.4 Å². The zero-order valence-corrected chi connectivity index (χ0v) is 8.94. The summed E-state index contributed by atoms with van der Waals surface area (Å²) in [6.07, 6.45) is 4.87. The maximum atomic E-state index is 13.5. The third-order valence-electron chi connectivity index (χ3n) is 2.22. The Bertz CT molecular complexity index is 471. The number of aromatic nitrogens is 2. The minimum absolute atomic E-state index is 0.239. The molecule has 3 nitrogen and oxygen atoms in total. The molecule has 4 heteroatoms. The van der Waals surface area contributed by atoms with E-state index in [-0.39, 0.29) is 5.82 Å². The maximum Gasteiger partial charge on any atom is 0.146 e. The summed E-state index contributed by atoms with van der Waals surface area (Å²) in [6.45, 7) is 2.37. The van der Waals surface area contributed by atoms with Crippen LogP contribution in [0.1, 0.15) is 11.1 Å². The van der Waals surface area contributed by atoms with Crippen molar-refractivity contribution in [3.63, 3.8) is 0 Å². The lowest BCUT2D eigenvalue weighted by atomic mass is 10.2. The quantitative estimate of drug-likeness (QED) is 0.858. The average molecular weight is 217 g/mol. The van der Waals surface area contributed by atoms with Gasteiger partial charge in [0.15, 0.2) is 0 Å². The molecule has 1 N–H and O–H groups in total. The van der Waals surface area contributed by atoms with Crippen LogP contribution in [0.15, 0.2) is 36.9 Å². The molecular formula is C12H12FN3. The summed E-state index contributed by atoms with van der Waals surface area (Å²) in [6, 6.07) is 5.10. The van der Waals surface area contributed by atoms with E-state index in [1.807, 2.05) is 13.0 Å². The molecule has 1 aromatic heterocycles. The Morgan fingerprint density at radius 3 is 2.69 bits per heavy atom. The van der Waals surface area contributed by atoms with E-state index in [9.17, 15) is 4.39 Å². The Morgan fingerprint density at radius 2 is 2.00 bits per heavy atom. The highest BCUT2D eigenvalue weighted by atomic mass is 19.1. The normalized spacial score (nSPS) is 10.1. The van der Waals surface area contributed by atoms with Crippen molar-refractivity contribution >= 4 is 5.69 Å². The van der Waals surface area contributed by atoms with Crippen molar-refractivity contribution in [2.75, 3.05) is 5.32 Å². The molecule has 82 valence electrons. The zero-order valence-electron chi connectivity index (χ0n) is 8.94. The molecule has 0 saturated carbocycles. The van der Waals surface area contributed by atoms with E-state index in [0.29, 0.717) is 12.2 Å². The van der Waals surface area contributed by atoms with Crippen molar-refractivity contribution in [3.05, 3.63) is 53.9 Å². The molecule has 0 amide bonds. The molecule has 1 heterocycles. The van der Waals surface area contributed by atoms with Crippen molar-refractivity contribution in [2.45, 2.75) is 13.5 Å². The Morgan fingerprint density at radius 1 is 1.25 bits per heavy atom. The van der Waals surface area contributed by atoms with Crippen LogP contribution >= 0.6 is 0 Å². The van der Waals surface area contributed by atoms with Crippen LogP contribution in [0.5, 0.6) is 0 Å². The van der Waals surface area contributed by atoms with Crippen LogP contribution in [0.3, 0.4) is 0 Å². The first-order chi connectivity index (χ1) is 7.75. The summed E-state index contributed by atoms with van der Waals surface area (Å²) >= 11 is 0. The van der Waals surface area contributed by atoms with Gasteiger partial charge < -0.3 is 5.32 Å². The van der Waals surface area contributed by atoms with Gasteiger partial charge in [-0.1, -0.05) is 6.07 Å². The number of anilines is 1. The number of hydrogen-bond donors (Lipinski definition) is 1. The summed E-state index contributed by atoms with van der Waals surface area (Å²) in [5.41, 5.74) is 2.32. The molecule has 1 aromatic carbocycles. The monoisotopic (exact) mass is 217 g/mol. The van der Waals surface area contributed by atoms with Crippen molar-refractivity contribution in [1.29, 1.82) is 0 Å². The molecule has 0 fully saturated rings. The van der Waals surface area contributed by atoms with Gasteiger partial charge in [-0.05, 0) is 24.6 Å². The molecule has 0 aliphatic rings. The van der Waals surface area contributed by atoms with Gasteiger partial charge in [0.05, 0.1) is 5.69 Å². The van der Waals surface area contributed by atoms with E-state index in [1.54, 1.807) is 18.5 Å². The molecule has 0 spiro atoms. The lowest BCUT2D eigenvalue weighted by molar-refractivity contribution is 0.629. The van der Waals surface area contributed by atoms with Crippen molar-refractivity contribution in [1.82, 2.24) is 9.97 Å². The van der Waals surface area contributed by atoms with Crippen LogP contribution in [-0.4, -0.2) is 9.97 Å². The summed E-state index contributed by atoms with van der Waals surface area (Å²) in [5.74, 6) is -0.239. The summed E-state index contributed by atoms with van der Waals surface area (Å²) < 4.78 is 13.5. The van der Waals surface area contributed by atoms with Crippen LogP contribution in [0, 0.1) is 12.7 Å². The number of nitrogens with zero attached hydrogens (tertiary/aromatic N) is 2. The SMILES string of the molecule is Cc1ccc(NCc2cncnc2)c(F)c1. The summed E-state index contributed by atoms with van der Waals surface area (Å²) in [4.78, 5) is 7.78. The van der Waals surface area contributed by atoms with Crippen LogP contribution in [-0.2, 0) is 6.54 Å². The lowest BCUT2D eigenvalue weighted by Crippen LogP contribution is -2.02. The average Bonchev–Trinajstić information content (AvgIpc) is 2.29. The van der Waals surface area contributed by atoms with E-state index in [2.05, 4.69) is 15.3 Å². The molecule has 0 radical (unpaired) electrons. The first kappa shape index (κ1) is 10.5. The molecular weight excluding hydrogens is 205 g/mol. The minimum atomic E-state index is -0.239. The summed E-state index contributed by atoms with van der Waals surface area (Å²) in [7, 11) is 0. The predicted molar refractivity (Wildman–Crippen MR) is 60.5 cm³/mol. The van der Waals surface area contributed by atoms with E-state index < -0.39 is 0 Å². The fraction of sp³-hybridized carbons (Fsp3) is 0.167. The van der Waals surface area contributed by atoms with Gasteiger partial charge in [0.1, 0.15) is 12.1 Å². The molecule has 0 aliphatic carbocycles. The number of aryl methyl sites for hydroxylation is 1. The number of halogens is 1. The number of nitrogens with one attached hydrogen (secondary N) is 1. The van der Waals surface area contributed by atoms with Gasteiger partial charge in [-0.3, -0.25) is 0 Å². The van der Waals surface area contributed by atoms with Crippen LogP contribution in [0.2, 0.25) is 0 Å². The fourth-order valence-corrected chi connectivity index (χ4v) is 1.38. The highest BCUT2D eigenvalue weighted by molar-refractivity contribution is 5.46. The Labute approximate surface area is 93.4 Å². The van der Waals surface area contributed by atoms with Crippen LogP contribution in [0.25, 0.3) is 0 Å². The molecule has 2 aromatic rings. The number of benzene rings is 1. The van der Waals surface area contributed by atoms with E-state index in [4.69, 9.17) is 0 Å². The van der Waals surface area contributed by atoms with E-state index in [1.165, 1.54) is 12.4 Å². The smallest absolute Gasteiger partial charge is 0.146 e. The molecule has 0 aliphatic heterocycles. The topological polar surface area (TPSA) is 37.8 Å². The zero-order chi connectivity index (χ0) is 11.4. The molecule has 0 atom stereocenters. The first-order valence-electron chi connectivity index (χ1n) is 4.99. The lowest BCUT2D eigenvalue weighted by Gasteiger charge is -2.07. The van der Waals surface area contributed by atoms with E-state index in [0.717, 1.165) is 11.1 Å². The van der Waals surface area contributed by atoms with Crippen LogP contribution < -0.4 is 5.32 Å². The second-order valence-electron chi connectivity index (χ2n) is 3.58. The standard InChI is InChI=1S/C12H12FN3/c1-9-2-3-12(11(13)4-9)16-7-10-5-14-8-15-6-10/h2-6,8,16H,7H2,1H3. The third kappa shape index (κ3) is 2.53. The van der Waals surface area contributed by atoms with Crippen molar-refractivity contribution in [2.24, 2.45) is 0 Å². The van der Waals surface area contributed by atoms with Crippen molar-refractivity contribution < 1.29 is 4.39 Å². The van der Waals surface area contributed by atoms with Gasteiger partial charge in [0.2, 0.25) is 0 Å². The summed E-state index contributed by atoms with van der Waals surface area (Å²) in [5, 5.41) is 3.00. The van der Waals surface area contributed by atoms with Crippen molar-refractivity contribution in [3.8, 4) is 0 Å². The van der Waals surface area contributed by atoms with E-state index >= 15 is 0 Å². The Kier molecular flexibility index (Phi) is 3.10. The van der Waals surface area contributed by atoms with Gasteiger partial charge in [0, 0.05) is 24.5 Å². The highest BCUT2D eigenvalue weighted by Crippen LogP contribution is 2.15. The second-order valence-corrected chi connectivity index (χ2v) is 3.58. The highest BCUT2D eigenvalue weighted by Gasteiger charge is 2.01. The number of rotatable bonds is 3. The Balaban J connectivity index is 2.05. The molecule has 2 rings (SSSR count).